The Balaban J connectivity index is 1.89. The van der Waals surface area contributed by atoms with Gasteiger partial charge in [-0.2, -0.15) is 0 Å². The maximum Gasteiger partial charge on any atom is 0.253 e. The molecule has 1 heterocycles. The number of sulfonamides is 1. The van der Waals surface area contributed by atoms with Gasteiger partial charge in [0.1, 0.15) is 10.6 Å². The summed E-state index contributed by atoms with van der Waals surface area (Å²) in [5.74, 6) is 0.144. The van der Waals surface area contributed by atoms with E-state index in [0.29, 0.717) is 5.56 Å². The third-order valence-electron chi connectivity index (χ3n) is 4.77. The van der Waals surface area contributed by atoms with Gasteiger partial charge in [-0.25, -0.2) is 13.1 Å². The molecular formula is C17H24N2O4S. The number of hydrogen-bond donors (Lipinski definition) is 1. The second-order valence-corrected chi connectivity index (χ2v) is 8.15. The van der Waals surface area contributed by atoms with Gasteiger partial charge in [0.05, 0.1) is 7.11 Å². The van der Waals surface area contributed by atoms with Crippen LogP contribution < -0.4 is 9.46 Å². The summed E-state index contributed by atoms with van der Waals surface area (Å²) >= 11 is 0. The molecule has 2 fully saturated rings. The first-order valence-corrected chi connectivity index (χ1v) is 9.99. The summed E-state index contributed by atoms with van der Waals surface area (Å²) in [5, 5.41) is 0. The van der Waals surface area contributed by atoms with E-state index in [-0.39, 0.29) is 22.6 Å². The number of hydrogen-bond acceptors (Lipinski definition) is 4. The van der Waals surface area contributed by atoms with Crippen LogP contribution in [0.1, 0.15) is 48.9 Å². The van der Waals surface area contributed by atoms with Crippen molar-refractivity contribution in [2.24, 2.45) is 0 Å². The van der Waals surface area contributed by atoms with Gasteiger partial charge in [-0.05, 0) is 43.9 Å². The number of rotatable bonds is 5. The van der Waals surface area contributed by atoms with Crippen LogP contribution in [0.5, 0.6) is 5.75 Å². The van der Waals surface area contributed by atoms with E-state index in [1.165, 1.54) is 13.2 Å². The van der Waals surface area contributed by atoms with E-state index in [9.17, 15) is 13.2 Å². The molecule has 1 aromatic carbocycles. The fourth-order valence-electron chi connectivity index (χ4n) is 3.45. The Morgan fingerprint density at radius 1 is 1.17 bits per heavy atom. The molecule has 2 aliphatic rings. The summed E-state index contributed by atoms with van der Waals surface area (Å²) in [6.07, 6.45) is 5.78. The predicted molar refractivity (Wildman–Crippen MR) is 90.7 cm³/mol. The van der Waals surface area contributed by atoms with Crippen molar-refractivity contribution in [3.8, 4) is 5.75 Å². The van der Waals surface area contributed by atoms with Crippen molar-refractivity contribution < 1.29 is 17.9 Å². The predicted octanol–water partition coefficient (Wildman–Crippen LogP) is 2.15. The first kappa shape index (κ1) is 17.2. The van der Waals surface area contributed by atoms with E-state index in [1.807, 2.05) is 0 Å². The molecule has 1 amide bonds. The molecule has 1 aromatic rings. The molecule has 1 aliphatic heterocycles. The van der Waals surface area contributed by atoms with Crippen molar-refractivity contribution in [3.63, 3.8) is 0 Å². The van der Waals surface area contributed by atoms with Crippen LogP contribution in [0.2, 0.25) is 0 Å². The molecule has 132 valence electrons. The summed E-state index contributed by atoms with van der Waals surface area (Å²) in [4.78, 5) is 14.4. The molecule has 0 radical (unpaired) electrons. The van der Waals surface area contributed by atoms with Crippen molar-refractivity contribution >= 4 is 15.9 Å². The minimum absolute atomic E-state index is 0.0300. The number of ether oxygens (including phenoxy) is 1. The van der Waals surface area contributed by atoms with Gasteiger partial charge in [-0.15, -0.1) is 0 Å². The Morgan fingerprint density at radius 3 is 2.46 bits per heavy atom. The molecule has 0 atom stereocenters. The maximum atomic E-state index is 12.7. The van der Waals surface area contributed by atoms with E-state index >= 15 is 0 Å². The van der Waals surface area contributed by atoms with Gasteiger partial charge >= 0.3 is 0 Å². The first-order chi connectivity index (χ1) is 11.5. The molecule has 0 spiro atoms. The molecule has 0 unspecified atom stereocenters. The Kier molecular flexibility index (Phi) is 5.10. The van der Waals surface area contributed by atoms with Gasteiger partial charge in [-0.1, -0.05) is 12.8 Å². The summed E-state index contributed by atoms with van der Waals surface area (Å²) in [5.41, 5.74) is 0.393. The van der Waals surface area contributed by atoms with Gasteiger partial charge < -0.3 is 9.64 Å². The quantitative estimate of drug-likeness (QED) is 0.881. The highest BCUT2D eigenvalue weighted by molar-refractivity contribution is 7.89. The molecule has 24 heavy (non-hydrogen) atoms. The zero-order valence-electron chi connectivity index (χ0n) is 14.0. The van der Waals surface area contributed by atoms with E-state index in [1.54, 1.807) is 17.0 Å². The summed E-state index contributed by atoms with van der Waals surface area (Å²) in [6, 6.07) is 4.61. The van der Waals surface area contributed by atoms with Gasteiger partial charge in [-0.3, -0.25) is 4.79 Å². The van der Waals surface area contributed by atoms with Crippen molar-refractivity contribution in [1.82, 2.24) is 9.62 Å². The average Bonchev–Trinajstić information content (AvgIpc) is 3.26. The van der Waals surface area contributed by atoms with E-state index in [0.717, 1.165) is 51.6 Å². The largest absolute Gasteiger partial charge is 0.495 e. The van der Waals surface area contributed by atoms with Gasteiger partial charge in [0, 0.05) is 24.7 Å². The molecule has 6 nitrogen and oxygen atoms in total. The van der Waals surface area contributed by atoms with Crippen LogP contribution in [-0.2, 0) is 10.0 Å². The topological polar surface area (TPSA) is 75.7 Å². The number of benzene rings is 1. The van der Waals surface area contributed by atoms with E-state index < -0.39 is 10.0 Å². The molecule has 0 bridgehead atoms. The first-order valence-electron chi connectivity index (χ1n) is 8.51. The monoisotopic (exact) mass is 352 g/mol. The van der Waals surface area contributed by atoms with Crippen molar-refractivity contribution in [1.29, 1.82) is 0 Å². The highest BCUT2D eigenvalue weighted by atomic mass is 32.2. The molecule has 1 aliphatic carbocycles. The zero-order chi connectivity index (χ0) is 17.2. The number of likely N-dealkylation sites (tertiary alicyclic amines) is 1. The summed E-state index contributed by atoms with van der Waals surface area (Å²) in [6.45, 7) is 1.46. The van der Waals surface area contributed by atoms with E-state index in [4.69, 9.17) is 4.74 Å². The van der Waals surface area contributed by atoms with Crippen LogP contribution in [0.15, 0.2) is 23.1 Å². The van der Waals surface area contributed by atoms with Crippen LogP contribution in [0.4, 0.5) is 0 Å². The Bertz CT molecular complexity index is 705. The second-order valence-electron chi connectivity index (χ2n) is 6.47. The number of nitrogens with zero attached hydrogens (tertiary/aromatic N) is 1. The lowest BCUT2D eigenvalue weighted by atomic mass is 10.2. The minimum Gasteiger partial charge on any atom is -0.495 e. The molecule has 7 heteroatoms. The van der Waals surface area contributed by atoms with Gasteiger partial charge in [0.2, 0.25) is 10.0 Å². The maximum absolute atomic E-state index is 12.7. The lowest BCUT2D eigenvalue weighted by Gasteiger charge is -2.18. The second kappa shape index (κ2) is 7.11. The van der Waals surface area contributed by atoms with E-state index in [2.05, 4.69) is 4.72 Å². The molecule has 1 N–H and O–H groups in total. The highest BCUT2D eigenvalue weighted by Crippen LogP contribution is 2.28. The highest BCUT2D eigenvalue weighted by Gasteiger charge is 2.28. The third kappa shape index (κ3) is 3.57. The number of carbonyl (C=O) groups excluding carboxylic acids is 1. The fraction of sp³-hybridized carbons (Fsp3) is 0.588. The molecular weight excluding hydrogens is 328 g/mol. The Hall–Kier alpha value is -1.60. The van der Waals surface area contributed by atoms with Gasteiger partial charge in [0.15, 0.2) is 0 Å². The van der Waals surface area contributed by atoms with Crippen LogP contribution >= 0.6 is 0 Å². The summed E-state index contributed by atoms with van der Waals surface area (Å²) in [7, 11) is -2.28. The van der Waals surface area contributed by atoms with Crippen LogP contribution in [-0.4, -0.2) is 45.5 Å². The lowest BCUT2D eigenvalue weighted by molar-refractivity contribution is 0.0792. The van der Waals surface area contributed by atoms with Crippen molar-refractivity contribution in [2.75, 3.05) is 20.2 Å². The zero-order valence-corrected chi connectivity index (χ0v) is 14.8. The number of amides is 1. The number of carbonyl (C=O) groups is 1. The van der Waals surface area contributed by atoms with Gasteiger partial charge in [0.25, 0.3) is 5.91 Å². The fourth-order valence-corrected chi connectivity index (χ4v) is 4.95. The Morgan fingerprint density at radius 2 is 1.83 bits per heavy atom. The molecule has 0 aromatic heterocycles. The Labute approximate surface area is 143 Å². The standard InChI is InChI=1S/C17H24N2O4S/c1-23-15-9-8-13(17(20)19-10-4-5-11-19)12-16(15)24(21,22)18-14-6-2-3-7-14/h8-9,12,14,18H,2-7,10-11H2,1H3. The normalized spacial score (nSPS) is 19.0. The SMILES string of the molecule is COc1ccc(C(=O)N2CCCC2)cc1S(=O)(=O)NC1CCCC1. The third-order valence-corrected chi connectivity index (χ3v) is 6.31. The molecule has 1 saturated heterocycles. The van der Waals surface area contributed by atoms with Crippen LogP contribution in [0.25, 0.3) is 0 Å². The van der Waals surface area contributed by atoms with Crippen molar-refractivity contribution in [2.45, 2.75) is 49.5 Å². The van der Waals surface area contributed by atoms with Crippen LogP contribution in [0.3, 0.4) is 0 Å². The van der Waals surface area contributed by atoms with Crippen molar-refractivity contribution in [3.05, 3.63) is 23.8 Å². The number of methoxy groups -OCH3 is 1. The van der Waals surface area contributed by atoms with Crippen LogP contribution in [0, 0.1) is 0 Å². The minimum atomic E-state index is -3.71. The molecule has 1 saturated carbocycles. The lowest BCUT2D eigenvalue weighted by Crippen LogP contribution is -2.33. The average molecular weight is 352 g/mol. The number of nitrogens with one attached hydrogen (secondary N) is 1. The molecule has 3 rings (SSSR count). The summed E-state index contributed by atoms with van der Waals surface area (Å²) < 4.78 is 33.5. The smallest absolute Gasteiger partial charge is 0.253 e.